The summed E-state index contributed by atoms with van der Waals surface area (Å²) in [6.07, 6.45) is 0. The van der Waals surface area contributed by atoms with Crippen molar-refractivity contribution < 1.29 is 4.39 Å². The summed E-state index contributed by atoms with van der Waals surface area (Å²) in [5.74, 6) is 5.15. The molecule has 16 heavy (non-hydrogen) atoms. The maximum Gasteiger partial charge on any atom is 0.210 e. The number of hydrogen-bond donors (Lipinski definition) is 3. The second-order valence-electron chi connectivity index (χ2n) is 3.47. The molecule has 0 aromatic heterocycles. The lowest BCUT2D eigenvalue weighted by atomic mass is 10.3. The molecule has 1 aromatic carbocycles. The Morgan fingerprint density at radius 2 is 2.19 bits per heavy atom. The molecule has 0 heterocycles. The van der Waals surface area contributed by atoms with Crippen LogP contribution in [0.4, 0.5) is 10.1 Å². The van der Waals surface area contributed by atoms with Crippen molar-refractivity contribution >= 4 is 23.2 Å². The lowest BCUT2D eigenvalue weighted by Crippen LogP contribution is -2.37. The van der Waals surface area contributed by atoms with Crippen LogP contribution in [-0.2, 0) is 0 Å². The van der Waals surface area contributed by atoms with Crippen LogP contribution in [0.3, 0.4) is 0 Å². The van der Waals surface area contributed by atoms with Crippen LogP contribution in [0, 0.1) is 5.82 Å². The highest BCUT2D eigenvalue weighted by atomic mass is 35.5. The predicted octanol–water partition coefficient (Wildman–Crippen LogP) is 2.12. The summed E-state index contributed by atoms with van der Waals surface area (Å²) in [5.41, 5.74) is 2.93. The predicted molar refractivity (Wildman–Crippen MR) is 64.9 cm³/mol. The summed E-state index contributed by atoms with van der Waals surface area (Å²) >= 11 is 5.56. The molecule has 1 aromatic rings. The number of guanidine groups is 1. The van der Waals surface area contributed by atoms with Gasteiger partial charge >= 0.3 is 0 Å². The van der Waals surface area contributed by atoms with E-state index in [0.29, 0.717) is 11.6 Å². The fourth-order valence-electron chi connectivity index (χ4n) is 1.07. The van der Waals surface area contributed by atoms with Crippen LogP contribution in [0.2, 0.25) is 5.02 Å². The van der Waals surface area contributed by atoms with Gasteiger partial charge in [-0.25, -0.2) is 15.2 Å². The fourth-order valence-corrected chi connectivity index (χ4v) is 1.19. The van der Waals surface area contributed by atoms with Crippen LogP contribution < -0.4 is 16.6 Å². The first-order chi connectivity index (χ1) is 7.52. The van der Waals surface area contributed by atoms with E-state index in [4.69, 9.17) is 17.4 Å². The molecule has 0 bridgehead atoms. The Morgan fingerprint density at radius 3 is 2.69 bits per heavy atom. The maximum absolute atomic E-state index is 13.1. The monoisotopic (exact) mass is 244 g/mol. The lowest BCUT2D eigenvalue weighted by molar-refractivity contribution is 0.629. The number of nitrogens with one attached hydrogen (secondary N) is 2. The molecule has 4 nitrogen and oxygen atoms in total. The SMILES string of the molecule is CC(C)N=C(NN)Nc1ccc(Cl)c(F)c1. The summed E-state index contributed by atoms with van der Waals surface area (Å²) in [6, 6.07) is 4.45. The van der Waals surface area contributed by atoms with Crippen molar-refractivity contribution in [2.75, 3.05) is 5.32 Å². The van der Waals surface area contributed by atoms with Crippen LogP contribution in [0.5, 0.6) is 0 Å². The summed E-state index contributed by atoms with van der Waals surface area (Å²) < 4.78 is 13.1. The molecule has 88 valence electrons. The van der Waals surface area contributed by atoms with E-state index < -0.39 is 5.82 Å². The molecular formula is C10H14ClFN4. The third-order valence-corrected chi connectivity index (χ3v) is 2.01. The van der Waals surface area contributed by atoms with E-state index in [1.165, 1.54) is 12.1 Å². The van der Waals surface area contributed by atoms with Crippen molar-refractivity contribution in [3.8, 4) is 0 Å². The molecule has 0 saturated heterocycles. The molecular weight excluding hydrogens is 231 g/mol. The number of rotatable bonds is 2. The fraction of sp³-hybridized carbons (Fsp3) is 0.300. The number of hydrogen-bond acceptors (Lipinski definition) is 2. The molecule has 0 aliphatic rings. The smallest absolute Gasteiger partial charge is 0.210 e. The Labute approximate surface area is 98.7 Å². The van der Waals surface area contributed by atoms with Gasteiger partial charge in [-0.15, -0.1) is 0 Å². The largest absolute Gasteiger partial charge is 0.325 e. The molecule has 0 atom stereocenters. The Hall–Kier alpha value is -1.33. The van der Waals surface area contributed by atoms with Gasteiger partial charge in [0.1, 0.15) is 5.82 Å². The van der Waals surface area contributed by atoms with Crippen molar-refractivity contribution in [1.82, 2.24) is 5.43 Å². The first-order valence-electron chi connectivity index (χ1n) is 4.79. The number of benzene rings is 1. The molecule has 1 rings (SSSR count). The third-order valence-electron chi connectivity index (χ3n) is 1.71. The van der Waals surface area contributed by atoms with Gasteiger partial charge in [0.25, 0.3) is 0 Å². The van der Waals surface area contributed by atoms with Crippen molar-refractivity contribution in [3.63, 3.8) is 0 Å². The van der Waals surface area contributed by atoms with E-state index in [1.54, 1.807) is 6.07 Å². The number of anilines is 1. The van der Waals surface area contributed by atoms with E-state index in [1.807, 2.05) is 13.8 Å². The molecule has 0 aliphatic heterocycles. The second-order valence-corrected chi connectivity index (χ2v) is 3.88. The Bertz CT molecular complexity index is 392. The normalized spacial score (nSPS) is 11.8. The van der Waals surface area contributed by atoms with E-state index in [2.05, 4.69) is 15.7 Å². The van der Waals surface area contributed by atoms with Gasteiger partial charge in [-0.1, -0.05) is 11.6 Å². The van der Waals surface area contributed by atoms with Crippen molar-refractivity contribution in [1.29, 1.82) is 0 Å². The average Bonchev–Trinajstić information content (AvgIpc) is 2.22. The van der Waals surface area contributed by atoms with Gasteiger partial charge < -0.3 is 5.32 Å². The number of aliphatic imine (C=N–C) groups is 1. The van der Waals surface area contributed by atoms with Crippen LogP contribution in [0.1, 0.15) is 13.8 Å². The number of hydrazine groups is 1. The molecule has 6 heteroatoms. The van der Waals surface area contributed by atoms with Crippen LogP contribution in [-0.4, -0.2) is 12.0 Å². The molecule has 0 aliphatic carbocycles. The number of nitrogens with zero attached hydrogens (tertiary/aromatic N) is 1. The quantitative estimate of drug-likeness (QED) is 0.323. The third kappa shape index (κ3) is 3.67. The highest BCUT2D eigenvalue weighted by molar-refractivity contribution is 6.30. The zero-order valence-corrected chi connectivity index (χ0v) is 9.85. The van der Waals surface area contributed by atoms with Gasteiger partial charge in [-0.05, 0) is 32.0 Å². The van der Waals surface area contributed by atoms with Crippen molar-refractivity contribution in [2.45, 2.75) is 19.9 Å². The Balaban J connectivity index is 2.82. The lowest BCUT2D eigenvalue weighted by Gasteiger charge is -2.10. The van der Waals surface area contributed by atoms with Gasteiger partial charge in [0.05, 0.1) is 5.02 Å². The molecule has 0 radical (unpaired) electrons. The van der Waals surface area contributed by atoms with Crippen molar-refractivity contribution in [2.24, 2.45) is 10.8 Å². The first kappa shape index (κ1) is 12.7. The topological polar surface area (TPSA) is 62.4 Å². The van der Waals surface area contributed by atoms with Crippen LogP contribution in [0.15, 0.2) is 23.2 Å². The molecule has 4 N–H and O–H groups in total. The standard InChI is InChI=1S/C10H14ClFN4/c1-6(2)14-10(16-13)15-7-3-4-8(11)9(12)5-7/h3-6H,13H2,1-2H3,(H2,14,15,16). The first-order valence-corrected chi connectivity index (χ1v) is 5.17. The molecule has 0 spiro atoms. The van der Waals surface area contributed by atoms with E-state index in [9.17, 15) is 4.39 Å². The Kier molecular flexibility index (Phi) is 4.52. The zero-order valence-electron chi connectivity index (χ0n) is 9.09. The average molecular weight is 245 g/mol. The minimum Gasteiger partial charge on any atom is -0.325 e. The van der Waals surface area contributed by atoms with Crippen LogP contribution >= 0.6 is 11.6 Å². The zero-order chi connectivity index (χ0) is 12.1. The van der Waals surface area contributed by atoms with Crippen LogP contribution in [0.25, 0.3) is 0 Å². The minimum absolute atomic E-state index is 0.0774. The number of nitrogens with two attached hydrogens (primary N) is 1. The minimum atomic E-state index is -0.493. The second kappa shape index (κ2) is 5.67. The van der Waals surface area contributed by atoms with Crippen molar-refractivity contribution in [3.05, 3.63) is 29.0 Å². The van der Waals surface area contributed by atoms with Gasteiger partial charge in [0.15, 0.2) is 0 Å². The molecule has 0 amide bonds. The highest BCUT2D eigenvalue weighted by Crippen LogP contribution is 2.18. The van der Waals surface area contributed by atoms with E-state index in [-0.39, 0.29) is 11.1 Å². The van der Waals surface area contributed by atoms with Gasteiger partial charge in [-0.2, -0.15) is 0 Å². The molecule has 0 fully saturated rings. The highest BCUT2D eigenvalue weighted by Gasteiger charge is 2.03. The summed E-state index contributed by atoms with van der Waals surface area (Å²) in [5, 5.41) is 2.92. The summed E-state index contributed by atoms with van der Waals surface area (Å²) in [6.45, 7) is 3.81. The van der Waals surface area contributed by atoms with Gasteiger partial charge in [0.2, 0.25) is 5.96 Å². The Morgan fingerprint density at radius 1 is 1.50 bits per heavy atom. The van der Waals surface area contributed by atoms with E-state index in [0.717, 1.165) is 0 Å². The number of halogens is 2. The summed E-state index contributed by atoms with van der Waals surface area (Å²) in [7, 11) is 0. The van der Waals surface area contributed by atoms with Gasteiger partial charge in [-0.3, -0.25) is 5.43 Å². The van der Waals surface area contributed by atoms with E-state index >= 15 is 0 Å². The molecule has 0 unspecified atom stereocenters. The van der Waals surface area contributed by atoms with Gasteiger partial charge in [0, 0.05) is 11.7 Å². The maximum atomic E-state index is 13.1. The molecule has 0 saturated carbocycles. The summed E-state index contributed by atoms with van der Waals surface area (Å²) in [4.78, 5) is 4.16.